The summed E-state index contributed by atoms with van der Waals surface area (Å²) in [5, 5.41) is 0. The summed E-state index contributed by atoms with van der Waals surface area (Å²) in [6.07, 6.45) is 5.10. The first-order valence-electron chi connectivity index (χ1n) is 5.72. The first kappa shape index (κ1) is 12.2. The molecule has 2 rings (SSSR count). The van der Waals surface area contributed by atoms with Gasteiger partial charge in [-0.25, -0.2) is 9.97 Å². The Morgan fingerprint density at radius 2 is 2.18 bits per heavy atom. The molecular formula is C12H18N4S. The molecule has 0 fully saturated rings. The van der Waals surface area contributed by atoms with Gasteiger partial charge in [0.25, 0.3) is 0 Å². The second-order valence-electron chi connectivity index (χ2n) is 4.18. The molecule has 2 N–H and O–H groups in total. The monoisotopic (exact) mass is 250 g/mol. The molecule has 0 unspecified atom stereocenters. The summed E-state index contributed by atoms with van der Waals surface area (Å²) >= 11 is 1.87. The highest BCUT2D eigenvalue weighted by molar-refractivity contribution is 7.98. The van der Waals surface area contributed by atoms with Gasteiger partial charge in [0.05, 0.1) is 5.52 Å². The number of thioether (sulfide) groups is 1. The van der Waals surface area contributed by atoms with Crippen molar-refractivity contribution in [3.8, 4) is 0 Å². The van der Waals surface area contributed by atoms with E-state index in [0.717, 1.165) is 35.4 Å². The fraction of sp³-hybridized carbons (Fsp3) is 0.500. The van der Waals surface area contributed by atoms with Gasteiger partial charge in [0.2, 0.25) is 0 Å². The van der Waals surface area contributed by atoms with Crippen molar-refractivity contribution in [1.29, 1.82) is 0 Å². The molecule has 0 aliphatic heterocycles. The minimum absolute atomic E-state index is 0.525. The van der Waals surface area contributed by atoms with Gasteiger partial charge in [-0.3, -0.25) is 0 Å². The summed E-state index contributed by atoms with van der Waals surface area (Å²) in [4.78, 5) is 8.68. The lowest BCUT2D eigenvalue weighted by Gasteiger charge is -2.08. The van der Waals surface area contributed by atoms with Crippen LogP contribution < -0.4 is 5.73 Å². The maximum absolute atomic E-state index is 5.87. The normalized spacial score (nSPS) is 11.2. The van der Waals surface area contributed by atoms with Crippen LogP contribution in [0, 0.1) is 13.8 Å². The third-order valence-electron chi connectivity index (χ3n) is 2.90. The van der Waals surface area contributed by atoms with Crippen LogP contribution in [0.25, 0.3) is 11.0 Å². The minimum Gasteiger partial charge on any atom is -0.382 e. The molecule has 0 amide bonds. The third kappa shape index (κ3) is 2.24. The highest BCUT2D eigenvalue weighted by Gasteiger charge is 2.12. The van der Waals surface area contributed by atoms with Crippen LogP contribution in [0.4, 0.5) is 5.82 Å². The molecule has 0 aliphatic rings. The predicted octanol–water partition coefficient (Wildman–Crippen LogP) is 2.38. The Kier molecular flexibility index (Phi) is 3.57. The van der Waals surface area contributed by atoms with Gasteiger partial charge in [-0.2, -0.15) is 11.8 Å². The fourth-order valence-electron chi connectivity index (χ4n) is 2.07. The maximum atomic E-state index is 5.87. The summed E-state index contributed by atoms with van der Waals surface area (Å²) < 4.78 is 2.25. The van der Waals surface area contributed by atoms with Crippen molar-refractivity contribution in [1.82, 2.24) is 14.5 Å². The summed E-state index contributed by atoms with van der Waals surface area (Å²) in [7, 11) is 0. The van der Waals surface area contributed by atoms with E-state index in [9.17, 15) is 0 Å². The van der Waals surface area contributed by atoms with E-state index < -0.39 is 0 Å². The highest BCUT2D eigenvalue weighted by Crippen LogP contribution is 2.23. The zero-order valence-corrected chi connectivity index (χ0v) is 11.3. The number of aromatic nitrogens is 3. The molecule has 17 heavy (non-hydrogen) atoms. The molecule has 0 aromatic carbocycles. The van der Waals surface area contributed by atoms with Gasteiger partial charge in [0.15, 0.2) is 5.82 Å². The first-order chi connectivity index (χ1) is 8.15. The molecule has 0 saturated carbocycles. The van der Waals surface area contributed by atoms with Crippen molar-refractivity contribution in [3.63, 3.8) is 0 Å². The van der Waals surface area contributed by atoms with Crippen LogP contribution in [0.5, 0.6) is 0 Å². The van der Waals surface area contributed by atoms with Crippen molar-refractivity contribution in [2.75, 3.05) is 17.7 Å². The summed E-state index contributed by atoms with van der Waals surface area (Å²) in [6.45, 7) is 5.08. The van der Waals surface area contributed by atoms with E-state index in [1.54, 1.807) is 0 Å². The molecule has 0 atom stereocenters. The van der Waals surface area contributed by atoms with Gasteiger partial charge in [-0.1, -0.05) is 0 Å². The lowest BCUT2D eigenvalue weighted by molar-refractivity contribution is 0.679. The van der Waals surface area contributed by atoms with Crippen molar-refractivity contribution < 1.29 is 0 Å². The van der Waals surface area contributed by atoms with Gasteiger partial charge in [0.1, 0.15) is 11.3 Å². The van der Waals surface area contributed by atoms with E-state index in [-0.39, 0.29) is 0 Å². The second kappa shape index (κ2) is 4.96. The second-order valence-corrected chi connectivity index (χ2v) is 5.17. The molecule has 0 radical (unpaired) electrons. The van der Waals surface area contributed by atoms with Gasteiger partial charge >= 0.3 is 0 Å². The number of hydrogen-bond acceptors (Lipinski definition) is 4. The molecular weight excluding hydrogens is 232 g/mol. The van der Waals surface area contributed by atoms with Gasteiger partial charge in [-0.15, -0.1) is 0 Å². The van der Waals surface area contributed by atoms with Crippen molar-refractivity contribution >= 4 is 28.6 Å². The smallest absolute Gasteiger partial charge is 0.151 e. The molecule has 0 spiro atoms. The molecule has 0 aliphatic carbocycles. The van der Waals surface area contributed by atoms with Crippen LogP contribution in [0.2, 0.25) is 0 Å². The van der Waals surface area contributed by atoms with E-state index in [1.807, 2.05) is 24.9 Å². The Bertz CT molecular complexity index is 533. The Hall–Kier alpha value is -1.23. The molecule has 2 heterocycles. The van der Waals surface area contributed by atoms with Crippen LogP contribution in [-0.4, -0.2) is 26.5 Å². The van der Waals surface area contributed by atoms with Crippen LogP contribution in [0.1, 0.15) is 17.8 Å². The maximum Gasteiger partial charge on any atom is 0.151 e. The Labute approximate surface area is 106 Å². The highest BCUT2D eigenvalue weighted by atomic mass is 32.2. The summed E-state index contributed by atoms with van der Waals surface area (Å²) in [5.41, 5.74) is 8.98. The SMILES string of the molecule is CSCCCn1c(C)nc2c(N)ncc(C)c21. The van der Waals surface area contributed by atoms with E-state index in [2.05, 4.69) is 27.7 Å². The van der Waals surface area contributed by atoms with Crippen molar-refractivity contribution in [3.05, 3.63) is 17.6 Å². The number of nitrogens with two attached hydrogens (primary N) is 1. The van der Waals surface area contributed by atoms with E-state index in [0.29, 0.717) is 5.82 Å². The van der Waals surface area contributed by atoms with Gasteiger partial charge < -0.3 is 10.3 Å². The number of hydrogen-bond donors (Lipinski definition) is 1. The van der Waals surface area contributed by atoms with Crippen LogP contribution in [0.3, 0.4) is 0 Å². The Morgan fingerprint density at radius 1 is 1.41 bits per heavy atom. The van der Waals surface area contributed by atoms with Crippen LogP contribution in [0.15, 0.2) is 6.20 Å². The third-order valence-corrected chi connectivity index (χ3v) is 3.60. The van der Waals surface area contributed by atoms with Gasteiger partial charge in [-0.05, 0) is 37.8 Å². The van der Waals surface area contributed by atoms with Crippen molar-refractivity contribution in [2.24, 2.45) is 0 Å². The average Bonchev–Trinajstić information content (AvgIpc) is 2.63. The predicted molar refractivity (Wildman–Crippen MR) is 74.4 cm³/mol. The molecule has 4 nitrogen and oxygen atoms in total. The van der Waals surface area contributed by atoms with E-state index in [4.69, 9.17) is 5.73 Å². The number of nitrogen functional groups attached to an aromatic ring is 1. The average molecular weight is 250 g/mol. The lowest BCUT2D eigenvalue weighted by atomic mass is 10.2. The fourth-order valence-corrected chi connectivity index (χ4v) is 2.49. The largest absolute Gasteiger partial charge is 0.382 e. The number of pyridine rings is 1. The molecule has 0 bridgehead atoms. The Morgan fingerprint density at radius 3 is 2.88 bits per heavy atom. The topological polar surface area (TPSA) is 56.7 Å². The van der Waals surface area contributed by atoms with Crippen LogP contribution >= 0.6 is 11.8 Å². The molecule has 0 saturated heterocycles. The lowest BCUT2D eigenvalue weighted by Crippen LogP contribution is -2.03. The number of nitrogens with zero attached hydrogens (tertiary/aromatic N) is 3. The Balaban J connectivity index is 2.47. The number of fused-ring (bicyclic) bond motifs is 1. The number of rotatable bonds is 4. The number of anilines is 1. The minimum atomic E-state index is 0.525. The number of aryl methyl sites for hydroxylation is 3. The zero-order valence-electron chi connectivity index (χ0n) is 10.5. The quantitative estimate of drug-likeness (QED) is 0.846. The van der Waals surface area contributed by atoms with E-state index in [1.165, 1.54) is 5.75 Å². The molecule has 2 aromatic heterocycles. The zero-order chi connectivity index (χ0) is 12.4. The standard InChI is InChI=1S/C12H18N4S/c1-8-7-14-12(13)10-11(8)16(9(2)15-10)5-4-6-17-3/h7H,4-6H2,1-3H3,(H2,13,14). The van der Waals surface area contributed by atoms with Crippen molar-refractivity contribution in [2.45, 2.75) is 26.8 Å². The first-order valence-corrected chi connectivity index (χ1v) is 7.11. The van der Waals surface area contributed by atoms with Gasteiger partial charge in [0, 0.05) is 12.7 Å². The summed E-state index contributed by atoms with van der Waals surface area (Å²) in [6, 6.07) is 0. The number of imidazole rings is 1. The molecule has 92 valence electrons. The molecule has 5 heteroatoms. The molecule has 2 aromatic rings. The summed E-state index contributed by atoms with van der Waals surface area (Å²) in [5.74, 6) is 2.71. The van der Waals surface area contributed by atoms with Crippen LogP contribution in [-0.2, 0) is 6.54 Å². The van der Waals surface area contributed by atoms with E-state index >= 15 is 0 Å².